The second-order valence-corrected chi connectivity index (χ2v) is 7.03. The van der Waals surface area contributed by atoms with Crippen molar-refractivity contribution in [2.24, 2.45) is 11.5 Å². The van der Waals surface area contributed by atoms with E-state index in [1.807, 2.05) is 10.3 Å². The zero-order chi connectivity index (χ0) is 25.0. The zero-order valence-corrected chi connectivity index (χ0v) is 16.7. The molecule has 2 heterocycles. The summed E-state index contributed by atoms with van der Waals surface area (Å²) >= 11 is 0. The number of ether oxygens (including phenoxy) is 2. The number of H-pyrrole nitrogens is 1. The molecule has 17 nitrogen and oxygen atoms in total. The number of amides is 2. The van der Waals surface area contributed by atoms with E-state index in [0.717, 1.165) is 12.3 Å². The topological polar surface area (TPSA) is 290 Å². The number of carbonyl (C=O) groups is 3. The highest BCUT2D eigenvalue weighted by Crippen LogP contribution is 2.30. The van der Waals surface area contributed by atoms with Crippen LogP contribution >= 0.6 is 0 Å². The van der Waals surface area contributed by atoms with Gasteiger partial charge in [0.2, 0.25) is 5.91 Å². The van der Waals surface area contributed by atoms with Crippen molar-refractivity contribution in [1.29, 1.82) is 0 Å². The van der Waals surface area contributed by atoms with Crippen LogP contribution in [-0.4, -0.2) is 102 Å². The Bertz CT molecular complexity index is 995. The molecule has 11 N–H and O–H groups in total. The molecule has 0 spiro atoms. The number of aliphatic hydroxyl groups is 4. The van der Waals surface area contributed by atoms with Gasteiger partial charge in [0.1, 0.15) is 43.2 Å². The fourth-order valence-electron chi connectivity index (χ4n) is 3.01. The van der Waals surface area contributed by atoms with Crippen LogP contribution in [0, 0.1) is 0 Å². The summed E-state index contributed by atoms with van der Waals surface area (Å²) in [6.45, 7) is -0.813. The van der Waals surface area contributed by atoms with Crippen LogP contribution in [0.25, 0.3) is 0 Å². The van der Waals surface area contributed by atoms with Gasteiger partial charge in [-0.05, 0) is 0 Å². The van der Waals surface area contributed by atoms with Crippen molar-refractivity contribution in [3.63, 3.8) is 0 Å². The summed E-state index contributed by atoms with van der Waals surface area (Å²) in [7, 11) is 0. The summed E-state index contributed by atoms with van der Waals surface area (Å²) in [6.07, 6.45) is -11.4. The molecule has 1 aliphatic rings. The van der Waals surface area contributed by atoms with Crippen molar-refractivity contribution in [2.45, 2.75) is 48.8 Å². The molecule has 0 bridgehead atoms. The molecule has 0 saturated carbocycles. The zero-order valence-electron chi connectivity index (χ0n) is 16.7. The molecular weight excluding hydrogens is 454 g/mol. The van der Waals surface area contributed by atoms with E-state index >= 15 is 0 Å². The Balaban J connectivity index is 2.16. The molecule has 0 radical (unpaired) electrons. The van der Waals surface area contributed by atoms with E-state index in [2.05, 4.69) is 4.74 Å². The molecule has 184 valence electrons. The Morgan fingerprint density at radius 2 is 1.88 bits per heavy atom. The molecule has 1 fully saturated rings. The van der Waals surface area contributed by atoms with Crippen molar-refractivity contribution >= 4 is 18.0 Å². The number of nitrogens with two attached hydrogens (primary N) is 2. The Morgan fingerprint density at radius 3 is 2.42 bits per heavy atom. The lowest BCUT2D eigenvalue weighted by Crippen LogP contribution is -2.60. The van der Waals surface area contributed by atoms with Crippen LogP contribution in [0.4, 0.5) is 4.79 Å². The second kappa shape index (κ2) is 10.5. The molecule has 2 amide bonds. The van der Waals surface area contributed by atoms with Crippen LogP contribution < -0.4 is 28.0 Å². The van der Waals surface area contributed by atoms with Crippen LogP contribution in [0.1, 0.15) is 6.23 Å². The number of primary amides is 1. The maximum Gasteiger partial charge on any atom is 0.404 e. The Kier molecular flexibility index (Phi) is 8.25. The van der Waals surface area contributed by atoms with Crippen LogP contribution in [0.3, 0.4) is 0 Å². The fraction of sp³-hybridized carbons (Fsp3) is 0.562. The van der Waals surface area contributed by atoms with Crippen LogP contribution in [0.15, 0.2) is 21.9 Å². The highest BCUT2D eigenvalue weighted by Gasteiger charge is 2.50. The Morgan fingerprint density at radius 1 is 1.24 bits per heavy atom. The Labute approximate surface area is 183 Å². The molecular formula is C16H23N5O12. The van der Waals surface area contributed by atoms with Crippen molar-refractivity contribution in [3.05, 3.63) is 33.1 Å². The van der Waals surface area contributed by atoms with Gasteiger partial charge in [-0.3, -0.25) is 19.1 Å². The van der Waals surface area contributed by atoms with Crippen molar-refractivity contribution < 1.29 is 49.4 Å². The first kappa shape index (κ1) is 25.9. The van der Waals surface area contributed by atoms with Crippen LogP contribution in [0.2, 0.25) is 0 Å². The number of aromatic amines is 1. The summed E-state index contributed by atoms with van der Waals surface area (Å²) in [5.74, 6) is -3.06. The van der Waals surface area contributed by atoms with Gasteiger partial charge in [-0.15, -0.1) is 0 Å². The van der Waals surface area contributed by atoms with E-state index in [0.29, 0.717) is 4.57 Å². The van der Waals surface area contributed by atoms with Gasteiger partial charge >= 0.3 is 17.8 Å². The summed E-state index contributed by atoms with van der Waals surface area (Å²) in [6, 6.07) is -3.05. The number of aliphatic carboxylic acids is 1. The maximum atomic E-state index is 12.3. The van der Waals surface area contributed by atoms with E-state index in [9.17, 15) is 49.5 Å². The second-order valence-electron chi connectivity index (χ2n) is 7.03. The van der Waals surface area contributed by atoms with E-state index in [1.54, 1.807) is 0 Å². The first-order valence-electron chi connectivity index (χ1n) is 9.25. The first-order valence-corrected chi connectivity index (χ1v) is 9.25. The van der Waals surface area contributed by atoms with Crippen molar-refractivity contribution in [1.82, 2.24) is 14.9 Å². The minimum absolute atomic E-state index is 0.695. The normalized spacial score (nSPS) is 26.1. The third-order valence-corrected chi connectivity index (χ3v) is 4.75. The highest BCUT2D eigenvalue weighted by atomic mass is 16.6. The molecule has 1 saturated heterocycles. The number of rotatable bonds is 9. The first-order chi connectivity index (χ1) is 15.3. The highest BCUT2D eigenvalue weighted by molar-refractivity contribution is 5.87. The lowest BCUT2D eigenvalue weighted by molar-refractivity contribution is -0.150. The van der Waals surface area contributed by atoms with E-state index in [1.165, 1.54) is 0 Å². The molecule has 1 aromatic heterocycles. The molecule has 0 aliphatic carbocycles. The number of carboxylic acids is 1. The third-order valence-electron chi connectivity index (χ3n) is 4.75. The summed E-state index contributed by atoms with van der Waals surface area (Å²) in [5, 5.41) is 51.5. The molecule has 1 aromatic rings. The van der Waals surface area contributed by atoms with Gasteiger partial charge in [-0.2, -0.15) is 0 Å². The SMILES string of the molecule is NC(=O)OC[C@H](O)[C@@H](O)[C@H](N)C(=O)N[C@H](C(=O)O)C1OC(n2ccc(=O)[nH]c2=O)[C@H](O)[C@@H]1O. The van der Waals surface area contributed by atoms with E-state index in [-0.39, 0.29) is 0 Å². The monoisotopic (exact) mass is 477 g/mol. The van der Waals surface area contributed by atoms with Gasteiger partial charge in [-0.25, -0.2) is 14.4 Å². The maximum absolute atomic E-state index is 12.3. The molecule has 2 rings (SSSR count). The fourth-order valence-corrected chi connectivity index (χ4v) is 3.01. The number of aromatic nitrogens is 2. The smallest absolute Gasteiger partial charge is 0.404 e. The van der Waals surface area contributed by atoms with Gasteiger partial charge in [0.15, 0.2) is 12.3 Å². The quantitative estimate of drug-likeness (QED) is 0.160. The molecule has 33 heavy (non-hydrogen) atoms. The van der Waals surface area contributed by atoms with Crippen molar-refractivity contribution in [2.75, 3.05) is 6.61 Å². The number of hydrogen-bond donors (Lipinski definition) is 9. The predicted octanol–water partition coefficient (Wildman–Crippen LogP) is -6.13. The minimum Gasteiger partial charge on any atom is -0.480 e. The molecule has 2 unspecified atom stereocenters. The lowest BCUT2D eigenvalue weighted by atomic mass is 10.0. The van der Waals surface area contributed by atoms with Gasteiger partial charge in [0, 0.05) is 12.3 Å². The van der Waals surface area contributed by atoms with Crippen LogP contribution in [0.5, 0.6) is 0 Å². The summed E-state index contributed by atoms with van der Waals surface area (Å²) in [5.41, 5.74) is 8.45. The minimum atomic E-state index is -2.04. The summed E-state index contributed by atoms with van der Waals surface area (Å²) < 4.78 is 10.3. The third kappa shape index (κ3) is 5.92. The average Bonchev–Trinajstić information content (AvgIpc) is 3.03. The van der Waals surface area contributed by atoms with Gasteiger partial charge < -0.3 is 51.8 Å². The van der Waals surface area contributed by atoms with E-state index in [4.69, 9.17) is 16.2 Å². The van der Waals surface area contributed by atoms with Gasteiger partial charge in [-0.1, -0.05) is 0 Å². The number of carboxylic acid groups (broad SMARTS) is 1. The molecule has 0 aromatic carbocycles. The van der Waals surface area contributed by atoms with Crippen LogP contribution in [-0.2, 0) is 19.1 Å². The van der Waals surface area contributed by atoms with Gasteiger partial charge in [0.05, 0.1) is 0 Å². The summed E-state index contributed by atoms with van der Waals surface area (Å²) in [4.78, 5) is 59.6. The molecule has 17 heteroatoms. The molecule has 8 atom stereocenters. The predicted molar refractivity (Wildman–Crippen MR) is 102 cm³/mol. The lowest BCUT2D eigenvalue weighted by Gasteiger charge is -2.27. The van der Waals surface area contributed by atoms with Crippen molar-refractivity contribution in [3.8, 4) is 0 Å². The molecule has 1 aliphatic heterocycles. The largest absolute Gasteiger partial charge is 0.480 e. The van der Waals surface area contributed by atoms with Gasteiger partial charge in [0.25, 0.3) is 5.56 Å². The van der Waals surface area contributed by atoms with E-state index < -0.39 is 84.7 Å². The number of nitrogens with zero attached hydrogens (tertiary/aromatic N) is 1. The number of hydrogen-bond acceptors (Lipinski definition) is 12. The number of nitrogens with one attached hydrogen (secondary N) is 2. The Hall–Kier alpha value is -3.35. The average molecular weight is 477 g/mol. The number of carbonyl (C=O) groups excluding carboxylic acids is 2. The standard InChI is InChI=1S/C16H23N5O12/c17-6(8(24)4(22)3-32-15(18)30)12(27)20-7(14(28)29)11-9(25)10(26)13(33-11)21-2-1-5(23)19-16(21)31/h1-2,4,6-11,13,22,24-26H,3,17H2,(H2,18,30)(H,20,27)(H,28,29)(H,19,23,31)/t4-,6-,7-,8+,9-,10+,11?,13?/m0/s1. The number of aliphatic hydroxyl groups excluding tert-OH is 4.